The quantitative estimate of drug-likeness (QED) is 0.791. The highest BCUT2D eigenvalue weighted by molar-refractivity contribution is 7.10. The molecule has 0 radical (unpaired) electrons. The zero-order chi connectivity index (χ0) is 15.5. The third-order valence-electron chi connectivity index (χ3n) is 3.40. The van der Waals surface area contributed by atoms with E-state index in [1.165, 1.54) is 23.5 Å². The van der Waals surface area contributed by atoms with Crippen LogP contribution >= 0.6 is 11.3 Å². The normalized spacial score (nSPS) is 12.1. The maximum absolute atomic E-state index is 13.0. The number of benzene rings is 2. The highest BCUT2D eigenvalue weighted by Gasteiger charge is 2.14. The monoisotopic (exact) mass is 314 g/mol. The van der Waals surface area contributed by atoms with Gasteiger partial charge in [0.15, 0.2) is 0 Å². The molecule has 0 aliphatic rings. The van der Waals surface area contributed by atoms with Crippen molar-refractivity contribution in [3.05, 3.63) is 70.3 Å². The molecule has 3 nitrogen and oxygen atoms in total. The average Bonchev–Trinajstić information content (AvgIpc) is 3.05. The topological polar surface area (TPSA) is 48.1 Å². The van der Waals surface area contributed by atoms with Crippen molar-refractivity contribution in [3.63, 3.8) is 0 Å². The summed E-state index contributed by atoms with van der Waals surface area (Å²) in [5, 5.41) is 2.78. The molecule has 3 rings (SSSR count). The van der Waals surface area contributed by atoms with Gasteiger partial charge in [-0.25, -0.2) is 9.37 Å². The fourth-order valence-corrected chi connectivity index (χ4v) is 2.99. The van der Waals surface area contributed by atoms with Crippen LogP contribution in [0, 0.1) is 5.82 Å². The second-order valence-electron chi connectivity index (χ2n) is 4.83. The lowest BCUT2D eigenvalue weighted by molar-refractivity contribution is 0.415. The first-order valence-electron chi connectivity index (χ1n) is 6.78. The van der Waals surface area contributed by atoms with Crippen LogP contribution in [0.4, 0.5) is 4.39 Å². The maximum atomic E-state index is 13.0. The zero-order valence-corrected chi connectivity index (χ0v) is 12.8. The van der Waals surface area contributed by atoms with Crippen LogP contribution in [0.15, 0.2) is 53.9 Å². The summed E-state index contributed by atoms with van der Waals surface area (Å²) in [7, 11) is 1.64. The second kappa shape index (κ2) is 6.25. The van der Waals surface area contributed by atoms with Crippen LogP contribution in [0.25, 0.3) is 11.3 Å². The van der Waals surface area contributed by atoms with Crippen LogP contribution in [-0.4, -0.2) is 12.1 Å². The lowest BCUT2D eigenvalue weighted by atomic mass is 10.1. The van der Waals surface area contributed by atoms with Crippen LogP contribution in [0.2, 0.25) is 0 Å². The van der Waals surface area contributed by atoms with Gasteiger partial charge in [-0.3, -0.25) is 0 Å². The van der Waals surface area contributed by atoms with Gasteiger partial charge in [-0.1, -0.05) is 12.1 Å². The lowest BCUT2D eigenvalue weighted by Gasteiger charge is -2.08. The summed E-state index contributed by atoms with van der Waals surface area (Å²) in [4.78, 5) is 4.59. The zero-order valence-electron chi connectivity index (χ0n) is 12.0. The molecule has 112 valence electrons. The first-order chi connectivity index (χ1) is 10.7. The van der Waals surface area contributed by atoms with E-state index in [1.807, 2.05) is 29.6 Å². The van der Waals surface area contributed by atoms with Gasteiger partial charge in [-0.05, 0) is 42.0 Å². The van der Waals surface area contributed by atoms with Crippen LogP contribution in [-0.2, 0) is 0 Å². The largest absolute Gasteiger partial charge is 0.497 e. The Labute approximate surface area is 132 Å². The van der Waals surface area contributed by atoms with Crippen LogP contribution in [0.1, 0.15) is 16.6 Å². The number of halogens is 1. The predicted molar refractivity (Wildman–Crippen MR) is 86.5 cm³/mol. The molecule has 0 saturated heterocycles. The van der Waals surface area contributed by atoms with Crippen molar-refractivity contribution >= 4 is 11.3 Å². The van der Waals surface area contributed by atoms with E-state index < -0.39 is 0 Å². The summed E-state index contributed by atoms with van der Waals surface area (Å²) in [5.41, 5.74) is 8.94. The van der Waals surface area contributed by atoms with Crippen molar-refractivity contribution in [2.24, 2.45) is 5.73 Å². The summed E-state index contributed by atoms with van der Waals surface area (Å²) in [5.74, 6) is 0.538. The number of hydrogen-bond donors (Lipinski definition) is 1. The van der Waals surface area contributed by atoms with E-state index in [0.29, 0.717) is 0 Å². The molecular weight excluding hydrogens is 299 g/mol. The van der Waals surface area contributed by atoms with Gasteiger partial charge in [-0.15, -0.1) is 11.3 Å². The molecule has 0 bridgehead atoms. The number of ether oxygens (including phenoxy) is 1. The van der Waals surface area contributed by atoms with Gasteiger partial charge in [0.05, 0.1) is 18.8 Å². The molecule has 0 spiro atoms. The highest BCUT2D eigenvalue weighted by atomic mass is 32.1. The predicted octanol–water partition coefficient (Wildman–Crippen LogP) is 4.01. The summed E-state index contributed by atoms with van der Waals surface area (Å²) in [6, 6.07) is 13.6. The van der Waals surface area contributed by atoms with E-state index in [9.17, 15) is 4.39 Å². The van der Waals surface area contributed by atoms with Gasteiger partial charge < -0.3 is 10.5 Å². The number of hydrogen-bond acceptors (Lipinski definition) is 4. The first kappa shape index (κ1) is 14.7. The van der Waals surface area contributed by atoms with E-state index in [0.717, 1.165) is 27.6 Å². The second-order valence-corrected chi connectivity index (χ2v) is 5.72. The van der Waals surface area contributed by atoms with Crippen LogP contribution < -0.4 is 10.5 Å². The number of aromatic nitrogens is 1. The molecule has 5 heteroatoms. The molecule has 0 aliphatic heterocycles. The molecule has 0 saturated carbocycles. The standard InChI is InChI=1S/C17H15FN2OS/c1-21-14-8-4-11(5-9-14)15-10-22-17(20-15)16(19)12-2-6-13(18)7-3-12/h2-10,16H,19H2,1H3. The minimum absolute atomic E-state index is 0.269. The molecule has 1 aromatic heterocycles. The van der Waals surface area contributed by atoms with E-state index in [-0.39, 0.29) is 11.9 Å². The Morgan fingerprint density at radius 3 is 2.41 bits per heavy atom. The molecule has 22 heavy (non-hydrogen) atoms. The van der Waals surface area contributed by atoms with E-state index >= 15 is 0 Å². The fourth-order valence-electron chi connectivity index (χ4n) is 2.14. The SMILES string of the molecule is COc1ccc(-c2csc(C(N)c3ccc(F)cc3)n2)cc1. The van der Waals surface area contributed by atoms with Gasteiger partial charge in [0, 0.05) is 10.9 Å². The van der Waals surface area contributed by atoms with Gasteiger partial charge in [0.2, 0.25) is 0 Å². The van der Waals surface area contributed by atoms with E-state index in [4.69, 9.17) is 10.5 Å². The molecule has 0 aliphatic carbocycles. The van der Waals surface area contributed by atoms with Gasteiger partial charge >= 0.3 is 0 Å². The summed E-state index contributed by atoms with van der Waals surface area (Å²) < 4.78 is 18.1. The first-order valence-corrected chi connectivity index (χ1v) is 7.66. The smallest absolute Gasteiger partial charge is 0.123 e. The van der Waals surface area contributed by atoms with Crippen LogP contribution in [0.3, 0.4) is 0 Å². The lowest BCUT2D eigenvalue weighted by Crippen LogP contribution is -2.11. The minimum atomic E-state index is -0.349. The summed E-state index contributed by atoms with van der Waals surface area (Å²) >= 11 is 1.50. The average molecular weight is 314 g/mol. The summed E-state index contributed by atoms with van der Waals surface area (Å²) in [6.45, 7) is 0. The van der Waals surface area contributed by atoms with Crippen molar-refractivity contribution in [1.82, 2.24) is 4.98 Å². The molecule has 1 heterocycles. The van der Waals surface area contributed by atoms with Gasteiger partial charge in [0.25, 0.3) is 0 Å². The van der Waals surface area contributed by atoms with Crippen LogP contribution in [0.5, 0.6) is 5.75 Å². The Hall–Kier alpha value is -2.24. The molecular formula is C17H15FN2OS. The summed E-state index contributed by atoms with van der Waals surface area (Å²) in [6.07, 6.45) is 0. The Balaban J connectivity index is 1.84. The number of rotatable bonds is 4. The minimum Gasteiger partial charge on any atom is -0.497 e. The molecule has 2 aromatic carbocycles. The highest BCUT2D eigenvalue weighted by Crippen LogP contribution is 2.28. The fraction of sp³-hybridized carbons (Fsp3) is 0.118. The van der Waals surface area contributed by atoms with Crippen molar-refractivity contribution in [2.45, 2.75) is 6.04 Å². The van der Waals surface area contributed by atoms with Gasteiger partial charge in [-0.2, -0.15) is 0 Å². The third-order valence-corrected chi connectivity index (χ3v) is 4.33. The number of nitrogens with zero attached hydrogens (tertiary/aromatic N) is 1. The van der Waals surface area contributed by atoms with Crippen molar-refractivity contribution in [1.29, 1.82) is 0 Å². The Morgan fingerprint density at radius 2 is 1.77 bits per heavy atom. The molecule has 1 atom stereocenters. The maximum Gasteiger partial charge on any atom is 0.123 e. The van der Waals surface area contributed by atoms with E-state index in [1.54, 1.807) is 19.2 Å². The molecule has 0 amide bonds. The Kier molecular flexibility index (Phi) is 4.18. The molecule has 1 unspecified atom stereocenters. The van der Waals surface area contributed by atoms with E-state index in [2.05, 4.69) is 4.98 Å². The van der Waals surface area contributed by atoms with Gasteiger partial charge in [0.1, 0.15) is 16.6 Å². The molecule has 2 N–H and O–H groups in total. The van der Waals surface area contributed by atoms with Crippen molar-refractivity contribution in [3.8, 4) is 17.0 Å². The number of thiazole rings is 1. The number of methoxy groups -OCH3 is 1. The van der Waals surface area contributed by atoms with Crippen molar-refractivity contribution < 1.29 is 9.13 Å². The molecule has 0 fully saturated rings. The number of nitrogens with two attached hydrogens (primary N) is 1. The van der Waals surface area contributed by atoms with Crippen molar-refractivity contribution in [2.75, 3.05) is 7.11 Å². The third kappa shape index (κ3) is 3.00. The molecule has 3 aromatic rings. The Morgan fingerprint density at radius 1 is 1.09 bits per heavy atom. The Bertz CT molecular complexity index is 753.